The maximum Gasteiger partial charge on any atom is 0.371 e. The molecule has 0 radical (unpaired) electrons. The van der Waals surface area contributed by atoms with Crippen LogP contribution in [0.4, 0.5) is 5.69 Å². The van der Waals surface area contributed by atoms with Crippen LogP contribution in [0.2, 0.25) is 0 Å². The monoisotopic (exact) mass is 295 g/mol. The third-order valence-electron chi connectivity index (χ3n) is 2.18. The molecule has 0 atom stereocenters. The summed E-state index contributed by atoms with van der Waals surface area (Å²) >= 11 is 3.35. The van der Waals surface area contributed by atoms with Crippen LogP contribution in [-0.4, -0.2) is 11.1 Å². The number of halogens is 1. The van der Waals surface area contributed by atoms with Crippen LogP contribution >= 0.6 is 15.9 Å². The van der Waals surface area contributed by atoms with Gasteiger partial charge in [-0.25, -0.2) is 4.79 Å². The molecule has 0 unspecified atom stereocenters. The van der Waals surface area contributed by atoms with Crippen molar-refractivity contribution in [3.63, 3.8) is 0 Å². The number of benzene rings is 1. The molecule has 1 heterocycles. The van der Waals surface area contributed by atoms with Crippen LogP contribution < -0.4 is 5.32 Å². The highest BCUT2D eigenvalue weighted by Gasteiger charge is 2.08. The van der Waals surface area contributed by atoms with Gasteiger partial charge in [0.1, 0.15) is 5.76 Å². The van der Waals surface area contributed by atoms with Crippen LogP contribution in [0.1, 0.15) is 16.3 Å². The summed E-state index contributed by atoms with van der Waals surface area (Å²) in [6, 6.07) is 10.8. The second kappa shape index (κ2) is 5.05. The molecule has 17 heavy (non-hydrogen) atoms. The number of furan rings is 1. The molecule has 1 aromatic heterocycles. The van der Waals surface area contributed by atoms with Gasteiger partial charge >= 0.3 is 5.97 Å². The SMILES string of the molecule is O=C(O)c1ccc(CNc2ccc(Br)cc2)o1. The number of aromatic carboxylic acids is 1. The van der Waals surface area contributed by atoms with Crippen molar-refractivity contribution in [1.82, 2.24) is 0 Å². The Balaban J connectivity index is 1.97. The molecule has 2 N–H and O–H groups in total. The third-order valence-corrected chi connectivity index (χ3v) is 2.71. The molecule has 0 spiro atoms. The minimum absolute atomic E-state index is 0.0439. The lowest BCUT2D eigenvalue weighted by Gasteiger charge is -2.03. The lowest BCUT2D eigenvalue weighted by molar-refractivity contribution is 0.0660. The van der Waals surface area contributed by atoms with Gasteiger partial charge in [0.25, 0.3) is 0 Å². The molecule has 0 aliphatic heterocycles. The molecule has 0 fully saturated rings. The minimum Gasteiger partial charge on any atom is -0.475 e. The lowest BCUT2D eigenvalue weighted by atomic mass is 10.3. The summed E-state index contributed by atoms with van der Waals surface area (Å²) in [6.45, 7) is 0.453. The van der Waals surface area contributed by atoms with Gasteiger partial charge in [-0.2, -0.15) is 0 Å². The molecule has 2 aromatic rings. The number of carboxylic acids is 1. The number of carbonyl (C=O) groups is 1. The quantitative estimate of drug-likeness (QED) is 0.908. The van der Waals surface area contributed by atoms with Crippen LogP contribution in [-0.2, 0) is 6.54 Å². The molecule has 0 saturated carbocycles. The van der Waals surface area contributed by atoms with Gasteiger partial charge in [-0.1, -0.05) is 15.9 Å². The van der Waals surface area contributed by atoms with E-state index in [1.807, 2.05) is 24.3 Å². The predicted octanol–water partition coefficient (Wildman–Crippen LogP) is 3.35. The Morgan fingerprint density at radius 3 is 2.53 bits per heavy atom. The number of rotatable bonds is 4. The zero-order valence-corrected chi connectivity index (χ0v) is 10.4. The summed E-state index contributed by atoms with van der Waals surface area (Å²) in [5.74, 6) is -0.511. The predicted molar refractivity (Wildman–Crippen MR) is 67.1 cm³/mol. The van der Waals surface area contributed by atoms with Crippen molar-refractivity contribution in [2.24, 2.45) is 0 Å². The average molecular weight is 296 g/mol. The lowest BCUT2D eigenvalue weighted by Crippen LogP contribution is -1.98. The number of nitrogens with one attached hydrogen (secondary N) is 1. The highest BCUT2D eigenvalue weighted by molar-refractivity contribution is 9.10. The molecule has 0 saturated heterocycles. The van der Waals surface area contributed by atoms with Gasteiger partial charge in [0.2, 0.25) is 5.76 Å². The maximum atomic E-state index is 10.6. The van der Waals surface area contributed by atoms with Crippen molar-refractivity contribution in [2.45, 2.75) is 6.54 Å². The van der Waals surface area contributed by atoms with E-state index in [4.69, 9.17) is 9.52 Å². The topological polar surface area (TPSA) is 62.5 Å². The van der Waals surface area contributed by atoms with E-state index in [0.717, 1.165) is 10.2 Å². The summed E-state index contributed by atoms with van der Waals surface area (Å²) in [6.07, 6.45) is 0. The van der Waals surface area contributed by atoms with Gasteiger partial charge in [0.15, 0.2) is 0 Å². The molecule has 0 aliphatic carbocycles. The molecule has 0 bridgehead atoms. The normalized spacial score (nSPS) is 10.2. The summed E-state index contributed by atoms with van der Waals surface area (Å²) in [4.78, 5) is 10.6. The van der Waals surface area contributed by atoms with Crippen molar-refractivity contribution >= 4 is 27.6 Å². The fourth-order valence-corrected chi connectivity index (χ4v) is 1.61. The van der Waals surface area contributed by atoms with E-state index in [1.165, 1.54) is 6.07 Å². The van der Waals surface area contributed by atoms with Crippen molar-refractivity contribution in [3.05, 3.63) is 52.4 Å². The molecule has 4 nitrogen and oxygen atoms in total. The van der Waals surface area contributed by atoms with E-state index in [9.17, 15) is 4.79 Å². The van der Waals surface area contributed by atoms with E-state index in [2.05, 4.69) is 21.2 Å². The second-order valence-corrected chi connectivity index (χ2v) is 4.35. The molecular weight excluding hydrogens is 286 g/mol. The summed E-state index contributed by atoms with van der Waals surface area (Å²) in [7, 11) is 0. The second-order valence-electron chi connectivity index (χ2n) is 3.43. The third kappa shape index (κ3) is 3.10. The fraction of sp³-hybridized carbons (Fsp3) is 0.0833. The first-order chi connectivity index (χ1) is 8.15. The van der Waals surface area contributed by atoms with Crippen molar-refractivity contribution < 1.29 is 14.3 Å². The Hall–Kier alpha value is -1.75. The van der Waals surface area contributed by atoms with E-state index in [0.29, 0.717) is 12.3 Å². The fourth-order valence-electron chi connectivity index (χ4n) is 1.34. The first kappa shape index (κ1) is 11.7. The molecule has 88 valence electrons. The van der Waals surface area contributed by atoms with Gasteiger partial charge in [0, 0.05) is 10.2 Å². The standard InChI is InChI=1S/C12H10BrNO3/c13-8-1-3-9(4-2-8)14-7-10-5-6-11(17-10)12(15)16/h1-6,14H,7H2,(H,15,16). The Morgan fingerprint density at radius 1 is 1.24 bits per heavy atom. The number of anilines is 1. The molecule has 0 aliphatic rings. The van der Waals surface area contributed by atoms with Crippen LogP contribution in [0.15, 0.2) is 45.3 Å². The number of hydrogen-bond donors (Lipinski definition) is 2. The van der Waals surface area contributed by atoms with Crippen LogP contribution in [0.3, 0.4) is 0 Å². The Bertz CT molecular complexity index is 519. The van der Waals surface area contributed by atoms with Crippen molar-refractivity contribution in [3.8, 4) is 0 Å². The summed E-state index contributed by atoms with van der Waals surface area (Å²) < 4.78 is 6.13. The van der Waals surface area contributed by atoms with Crippen LogP contribution in [0.25, 0.3) is 0 Å². The van der Waals surface area contributed by atoms with Gasteiger partial charge < -0.3 is 14.8 Å². The highest BCUT2D eigenvalue weighted by atomic mass is 79.9. The van der Waals surface area contributed by atoms with E-state index < -0.39 is 5.97 Å². The molecule has 0 amide bonds. The summed E-state index contributed by atoms with van der Waals surface area (Å²) in [5, 5.41) is 11.8. The molecule has 2 rings (SSSR count). The summed E-state index contributed by atoms with van der Waals surface area (Å²) in [5.41, 5.74) is 0.946. The van der Waals surface area contributed by atoms with Crippen LogP contribution in [0.5, 0.6) is 0 Å². The zero-order chi connectivity index (χ0) is 12.3. The minimum atomic E-state index is -1.06. The van der Waals surface area contributed by atoms with Gasteiger partial charge in [-0.05, 0) is 36.4 Å². The maximum absolute atomic E-state index is 10.6. The number of hydrogen-bond acceptors (Lipinski definition) is 3. The number of carboxylic acid groups (broad SMARTS) is 1. The van der Waals surface area contributed by atoms with E-state index in [-0.39, 0.29) is 5.76 Å². The van der Waals surface area contributed by atoms with Gasteiger partial charge in [-0.15, -0.1) is 0 Å². The van der Waals surface area contributed by atoms with Crippen LogP contribution in [0, 0.1) is 0 Å². The highest BCUT2D eigenvalue weighted by Crippen LogP contribution is 2.15. The first-order valence-electron chi connectivity index (χ1n) is 4.96. The van der Waals surface area contributed by atoms with Crippen molar-refractivity contribution in [1.29, 1.82) is 0 Å². The Kier molecular flexibility index (Phi) is 3.49. The van der Waals surface area contributed by atoms with Crippen molar-refractivity contribution in [2.75, 3.05) is 5.32 Å². The van der Waals surface area contributed by atoms with E-state index in [1.54, 1.807) is 6.07 Å². The smallest absolute Gasteiger partial charge is 0.371 e. The van der Waals surface area contributed by atoms with E-state index >= 15 is 0 Å². The molecule has 1 aromatic carbocycles. The van der Waals surface area contributed by atoms with Gasteiger partial charge in [-0.3, -0.25) is 0 Å². The average Bonchev–Trinajstić information content (AvgIpc) is 2.77. The van der Waals surface area contributed by atoms with Gasteiger partial charge in [0.05, 0.1) is 6.54 Å². The Morgan fingerprint density at radius 2 is 1.94 bits per heavy atom. The first-order valence-corrected chi connectivity index (χ1v) is 5.76. The Labute approximate surface area is 106 Å². The zero-order valence-electron chi connectivity index (χ0n) is 8.81. The molecule has 5 heteroatoms. The largest absolute Gasteiger partial charge is 0.475 e. The molecular formula is C12H10BrNO3.